The van der Waals surface area contributed by atoms with Gasteiger partial charge in [-0.2, -0.15) is 0 Å². The zero-order valence-corrected chi connectivity index (χ0v) is 11.2. The average molecular weight is 261 g/mol. The van der Waals surface area contributed by atoms with Gasteiger partial charge in [-0.25, -0.2) is 4.79 Å². The number of carbonyl (C=O) groups is 1. The summed E-state index contributed by atoms with van der Waals surface area (Å²) in [7, 11) is 0. The number of benzene rings is 1. The van der Waals surface area contributed by atoms with Crippen molar-refractivity contribution in [3.8, 4) is 0 Å². The second-order valence-corrected chi connectivity index (χ2v) is 5.31. The van der Waals surface area contributed by atoms with Gasteiger partial charge in [0, 0.05) is 6.54 Å². The highest BCUT2D eigenvalue weighted by molar-refractivity contribution is 5.83. The normalized spacial score (nSPS) is 30.4. The van der Waals surface area contributed by atoms with E-state index in [4.69, 9.17) is 9.47 Å². The molecule has 0 aromatic heterocycles. The number of hydrogen-bond donors (Lipinski definition) is 0. The topological polar surface area (TPSA) is 38.8 Å². The Hall–Kier alpha value is -1.39. The predicted octanol–water partition coefficient (Wildman–Crippen LogP) is 1.94. The van der Waals surface area contributed by atoms with Gasteiger partial charge in [-0.15, -0.1) is 0 Å². The Morgan fingerprint density at radius 3 is 3.00 bits per heavy atom. The Morgan fingerprint density at radius 1 is 1.42 bits per heavy atom. The highest BCUT2D eigenvalue weighted by Crippen LogP contribution is 2.38. The summed E-state index contributed by atoms with van der Waals surface area (Å²) in [6.45, 7) is 3.81. The fourth-order valence-electron chi connectivity index (χ4n) is 3.10. The lowest BCUT2D eigenvalue weighted by atomic mass is 9.98. The first-order chi connectivity index (χ1) is 9.22. The highest BCUT2D eigenvalue weighted by atomic mass is 16.6. The van der Waals surface area contributed by atoms with Crippen LogP contribution in [0.1, 0.15) is 25.3 Å². The van der Waals surface area contributed by atoms with E-state index in [9.17, 15) is 4.79 Å². The maximum absolute atomic E-state index is 12.1. The maximum atomic E-state index is 12.1. The number of ether oxygens (including phenoxy) is 2. The first kappa shape index (κ1) is 12.6. The van der Waals surface area contributed by atoms with E-state index in [0.29, 0.717) is 13.2 Å². The van der Waals surface area contributed by atoms with Crippen LogP contribution in [0.4, 0.5) is 0 Å². The quantitative estimate of drug-likeness (QED) is 0.776. The van der Waals surface area contributed by atoms with E-state index in [0.717, 1.165) is 24.9 Å². The number of rotatable bonds is 4. The summed E-state index contributed by atoms with van der Waals surface area (Å²) in [4.78, 5) is 14.2. The van der Waals surface area contributed by atoms with E-state index in [1.807, 2.05) is 37.3 Å². The van der Waals surface area contributed by atoms with Crippen LogP contribution in [0.3, 0.4) is 0 Å². The molecule has 0 bridgehead atoms. The third-order valence-corrected chi connectivity index (χ3v) is 4.09. The van der Waals surface area contributed by atoms with Crippen LogP contribution in [0.2, 0.25) is 0 Å². The first-order valence-corrected chi connectivity index (χ1v) is 6.82. The molecule has 0 radical (unpaired) electrons. The lowest BCUT2D eigenvalue weighted by Crippen LogP contribution is -2.49. The van der Waals surface area contributed by atoms with Crippen LogP contribution in [0, 0.1) is 0 Å². The second kappa shape index (κ2) is 4.94. The van der Waals surface area contributed by atoms with E-state index in [1.54, 1.807) is 0 Å². The summed E-state index contributed by atoms with van der Waals surface area (Å²) in [5.74, 6) is -0.120. The minimum absolute atomic E-state index is 0.115. The second-order valence-electron chi connectivity index (χ2n) is 5.31. The van der Waals surface area contributed by atoms with Gasteiger partial charge in [0.05, 0.1) is 13.2 Å². The molecular formula is C15H19NO3. The summed E-state index contributed by atoms with van der Waals surface area (Å²) in [5.41, 5.74) is 0.594. The zero-order chi connectivity index (χ0) is 13.3. The molecule has 0 saturated carbocycles. The zero-order valence-electron chi connectivity index (χ0n) is 11.2. The number of nitrogens with zero attached hydrogens (tertiary/aromatic N) is 1. The Balaban J connectivity index is 1.64. The number of carbonyl (C=O) groups excluding carboxylic acids is 1. The van der Waals surface area contributed by atoms with Gasteiger partial charge in [-0.05, 0) is 25.3 Å². The van der Waals surface area contributed by atoms with Gasteiger partial charge >= 0.3 is 5.97 Å². The van der Waals surface area contributed by atoms with E-state index in [1.165, 1.54) is 0 Å². The van der Waals surface area contributed by atoms with Crippen molar-refractivity contribution < 1.29 is 14.3 Å². The SMILES string of the molecule is C[C@@H]1OC(=O)[C@@]2(COCc3ccccc3)CCCN12. The maximum Gasteiger partial charge on any atom is 0.330 e. The summed E-state index contributed by atoms with van der Waals surface area (Å²) in [6.07, 6.45) is 1.76. The molecule has 2 fully saturated rings. The largest absolute Gasteiger partial charge is 0.445 e. The van der Waals surface area contributed by atoms with Crippen LogP contribution >= 0.6 is 0 Å². The van der Waals surface area contributed by atoms with Gasteiger partial charge in [0.15, 0.2) is 6.23 Å². The average Bonchev–Trinajstić information content (AvgIpc) is 2.93. The molecule has 2 aliphatic rings. The summed E-state index contributed by atoms with van der Waals surface area (Å²) < 4.78 is 11.1. The van der Waals surface area contributed by atoms with Crippen molar-refractivity contribution in [2.75, 3.05) is 13.2 Å². The Bertz CT molecular complexity index is 462. The Morgan fingerprint density at radius 2 is 2.21 bits per heavy atom. The molecule has 2 aliphatic heterocycles. The fourth-order valence-corrected chi connectivity index (χ4v) is 3.10. The van der Waals surface area contributed by atoms with Crippen molar-refractivity contribution in [1.82, 2.24) is 4.90 Å². The molecule has 19 heavy (non-hydrogen) atoms. The summed E-state index contributed by atoms with van der Waals surface area (Å²) >= 11 is 0. The van der Waals surface area contributed by atoms with Crippen LogP contribution in [0.15, 0.2) is 30.3 Å². The van der Waals surface area contributed by atoms with Crippen LogP contribution < -0.4 is 0 Å². The highest BCUT2D eigenvalue weighted by Gasteiger charge is 2.56. The molecule has 1 aromatic rings. The minimum Gasteiger partial charge on any atom is -0.445 e. The molecule has 2 saturated heterocycles. The standard InChI is InChI=1S/C15H19NO3/c1-12-16-9-5-8-15(16,14(17)19-12)11-18-10-13-6-3-2-4-7-13/h2-4,6-7,12H,5,8-11H2,1H3/t12-,15-/m0/s1. The summed E-state index contributed by atoms with van der Waals surface area (Å²) in [5, 5.41) is 0. The molecule has 1 aromatic carbocycles. The van der Waals surface area contributed by atoms with Gasteiger partial charge in [0.1, 0.15) is 5.54 Å². The molecule has 4 heteroatoms. The molecule has 2 heterocycles. The lowest BCUT2D eigenvalue weighted by molar-refractivity contribution is -0.146. The van der Waals surface area contributed by atoms with Crippen molar-refractivity contribution in [2.24, 2.45) is 0 Å². The van der Waals surface area contributed by atoms with Gasteiger partial charge in [-0.1, -0.05) is 30.3 Å². The van der Waals surface area contributed by atoms with Crippen molar-refractivity contribution in [3.63, 3.8) is 0 Å². The molecule has 102 valence electrons. The fraction of sp³-hybridized carbons (Fsp3) is 0.533. The van der Waals surface area contributed by atoms with Crippen LogP contribution in [-0.2, 0) is 20.9 Å². The van der Waals surface area contributed by atoms with E-state index >= 15 is 0 Å². The van der Waals surface area contributed by atoms with Crippen molar-refractivity contribution in [2.45, 2.75) is 38.1 Å². The van der Waals surface area contributed by atoms with E-state index in [2.05, 4.69) is 4.90 Å². The van der Waals surface area contributed by atoms with E-state index < -0.39 is 5.54 Å². The van der Waals surface area contributed by atoms with Gasteiger partial charge < -0.3 is 9.47 Å². The first-order valence-electron chi connectivity index (χ1n) is 6.82. The van der Waals surface area contributed by atoms with Crippen molar-refractivity contribution in [3.05, 3.63) is 35.9 Å². The van der Waals surface area contributed by atoms with Crippen LogP contribution in [-0.4, -0.2) is 35.8 Å². The molecule has 4 nitrogen and oxygen atoms in total. The van der Waals surface area contributed by atoms with Gasteiger partial charge in [0.2, 0.25) is 0 Å². The number of fused-ring (bicyclic) bond motifs is 1. The smallest absolute Gasteiger partial charge is 0.330 e. The van der Waals surface area contributed by atoms with Gasteiger partial charge in [-0.3, -0.25) is 4.90 Å². The third-order valence-electron chi connectivity index (χ3n) is 4.09. The molecule has 2 atom stereocenters. The molecule has 0 spiro atoms. The number of cyclic esters (lactones) is 1. The molecule has 3 rings (SSSR count). The van der Waals surface area contributed by atoms with Gasteiger partial charge in [0.25, 0.3) is 0 Å². The summed E-state index contributed by atoms with van der Waals surface area (Å²) in [6, 6.07) is 10.0. The molecule has 0 aliphatic carbocycles. The number of esters is 1. The van der Waals surface area contributed by atoms with Crippen LogP contribution in [0.5, 0.6) is 0 Å². The predicted molar refractivity (Wildman–Crippen MR) is 70.3 cm³/mol. The van der Waals surface area contributed by atoms with Crippen molar-refractivity contribution >= 4 is 5.97 Å². The number of hydrogen-bond acceptors (Lipinski definition) is 4. The van der Waals surface area contributed by atoms with Crippen molar-refractivity contribution in [1.29, 1.82) is 0 Å². The Kier molecular flexibility index (Phi) is 3.29. The minimum atomic E-state index is -0.534. The molecular weight excluding hydrogens is 242 g/mol. The lowest BCUT2D eigenvalue weighted by Gasteiger charge is -2.27. The van der Waals surface area contributed by atoms with E-state index in [-0.39, 0.29) is 12.2 Å². The monoisotopic (exact) mass is 261 g/mol. The third kappa shape index (κ3) is 2.15. The van der Waals surface area contributed by atoms with Crippen LogP contribution in [0.25, 0.3) is 0 Å². The Labute approximate surface area is 113 Å². The molecule has 0 unspecified atom stereocenters. The molecule has 0 amide bonds. The molecule has 0 N–H and O–H groups in total.